The van der Waals surface area contributed by atoms with Gasteiger partial charge >= 0.3 is 5.69 Å². The van der Waals surface area contributed by atoms with E-state index in [-0.39, 0.29) is 23.3 Å². The van der Waals surface area contributed by atoms with Gasteiger partial charge in [-0.25, -0.2) is 0 Å². The van der Waals surface area contributed by atoms with Crippen molar-refractivity contribution < 1.29 is 19.1 Å². The Morgan fingerprint density at radius 1 is 1.59 bits per heavy atom. The molecule has 0 aliphatic carbocycles. The van der Waals surface area contributed by atoms with E-state index in [2.05, 4.69) is 15.3 Å². The molecule has 3 rings (SSSR count). The van der Waals surface area contributed by atoms with Crippen LogP contribution in [0, 0.1) is 14.9 Å². The molecule has 10 nitrogen and oxygen atoms in total. The molecule has 0 spiro atoms. The maximum atomic E-state index is 11.4. The number of H-pyrrole nitrogens is 1. The van der Waals surface area contributed by atoms with E-state index in [4.69, 9.17) is 26.4 Å². The first-order chi connectivity index (χ1) is 13.0. The standard InChI is InChI=1S/C16H19N5O5S/c1-3-25-13-8-10(7-11(21(22)23)14(13)24-2)9-17-20-15(18-19-16(20)27)12-5-4-6-26-12/h7-9,12H,3-6H2,1-2H3,(H,19,27)/b17-9-. The smallest absolute Gasteiger partial charge is 0.315 e. The number of hydrogen-bond acceptors (Lipinski definition) is 8. The minimum atomic E-state index is -0.528. The molecule has 1 aliphatic heterocycles. The molecule has 0 bridgehead atoms. The van der Waals surface area contributed by atoms with Gasteiger partial charge in [0.05, 0.1) is 24.9 Å². The van der Waals surface area contributed by atoms with Crippen molar-refractivity contribution in [2.75, 3.05) is 20.3 Å². The number of rotatable bonds is 7. The second kappa shape index (κ2) is 8.27. The van der Waals surface area contributed by atoms with Crippen LogP contribution in [0.15, 0.2) is 17.2 Å². The number of aromatic amines is 1. The lowest BCUT2D eigenvalue weighted by atomic mass is 10.2. The molecule has 0 amide bonds. The quantitative estimate of drug-likeness (QED) is 0.332. The van der Waals surface area contributed by atoms with Crippen LogP contribution in [0.5, 0.6) is 11.5 Å². The third-order valence-electron chi connectivity index (χ3n) is 3.97. The van der Waals surface area contributed by atoms with Gasteiger partial charge in [0.1, 0.15) is 6.10 Å². The average molecular weight is 393 g/mol. The third-order valence-corrected chi connectivity index (χ3v) is 4.24. The fourth-order valence-electron chi connectivity index (χ4n) is 2.82. The van der Waals surface area contributed by atoms with Gasteiger partial charge in [-0.3, -0.25) is 15.2 Å². The van der Waals surface area contributed by atoms with E-state index in [1.807, 2.05) is 0 Å². The highest BCUT2D eigenvalue weighted by Crippen LogP contribution is 2.37. The molecule has 1 fully saturated rings. The Balaban J connectivity index is 1.99. The maximum absolute atomic E-state index is 11.4. The number of nitro benzene ring substituents is 1. The molecule has 0 radical (unpaired) electrons. The SMILES string of the molecule is CCOc1cc(/C=N\n2c(C3CCCO3)n[nH]c2=S)cc([N+](=O)[O-])c1OC. The highest BCUT2D eigenvalue weighted by molar-refractivity contribution is 7.71. The van der Waals surface area contributed by atoms with Gasteiger partial charge in [0, 0.05) is 18.2 Å². The summed E-state index contributed by atoms with van der Waals surface area (Å²) >= 11 is 5.22. The summed E-state index contributed by atoms with van der Waals surface area (Å²) in [6.07, 6.45) is 3.05. The van der Waals surface area contributed by atoms with Gasteiger partial charge < -0.3 is 14.2 Å². The number of benzene rings is 1. The summed E-state index contributed by atoms with van der Waals surface area (Å²) in [6, 6.07) is 2.98. The van der Waals surface area contributed by atoms with Crippen molar-refractivity contribution >= 4 is 24.1 Å². The van der Waals surface area contributed by atoms with Crippen molar-refractivity contribution in [3.05, 3.63) is 38.4 Å². The molecule has 1 unspecified atom stereocenters. The van der Waals surface area contributed by atoms with Crippen LogP contribution in [0.4, 0.5) is 5.69 Å². The number of hydrogen-bond donors (Lipinski definition) is 1. The summed E-state index contributed by atoms with van der Waals surface area (Å²) in [6.45, 7) is 2.78. The molecule has 1 aliphatic rings. The van der Waals surface area contributed by atoms with Gasteiger partial charge in [-0.2, -0.15) is 14.9 Å². The van der Waals surface area contributed by atoms with E-state index in [0.717, 1.165) is 12.8 Å². The van der Waals surface area contributed by atoms with Crippen molar-refractivity contribution in [3.8, 4) is 11.5 Å². The Kier molecular flexibility index (Phi) is 5.81. The van der Waals surface area contributed by atoms with Crippen LogP contribution < -0.4 is 9.47 Å². The van der Waals surface area contributed by atoms with Crippen molar-refractivity contribution in [1.82, 2.24) is 14.9 Å². The van der Waals surface area contributed by atoms with E-state index < -0.39 is 4.92 Å². The van der Waals surface area contributed by atoms with Gasteiger partial charge in [0.25, 0.3) is 0 Å². The van der Waals surface area contributed by atoms with Crippen molar-refractivity contribution in [3.63, 3.8) is 0 Å². The summed E-state index contributed by atoms with van der Waals surface area (Å²) in [5, 5.41) is 22.6. The lowest BCUT2D eigenvalue weighted by Crippen LogP contribution is -2.06. The van der Waals surface area contributed by atoms with Crippen molar-refractivity contribution in [2.24, 2.45) is 5.10 Å². The second-order valence-corrected chi connectivity index (χ2v) is 6.09. The number of nitro groups is 1. The Morgan fingerprint density at radius 2 is 2.41 bits per heavy atom. The molecule has 1 aromatic heterocycles. The van der Waals surface area contributed by atoms with E-state index >= 15 is 0 Å². The summed E-state index contributed by atoms with van der Waals surface area (Å²) in [4.78, 5) is 10.8. The molecular formula is C16H19N5O5S. The molecule has 1 atom stereocenters. The van der Waals surface area contributed by atoms with Crippen molar-refractivity contribution in [2.45, 2.75) is 25.9 Å². The Bertz CT molecular complexity index is 916. The van der Waals surface area contributed by atoms with Crippen LogP contribution in [-0.2, 0) is 4.74 Å². The molecule has 144 valence electrons. The van der Waals surface area contributed by atoms with Crippen LogP contribution in [0.1, 0.15) is 37.3 Å². The molecule has 1 N–H and O–H groups in total. The number of nitrogens with one attached hydrogen (secondary N) is 1. The molecule has 0 saturated carbocycles. The lowest BCUT2D eigenvalue weighted by Gasteiger charge is -2.10. The number of aromatic nitrogens is 3. The minimum Gasteiger partial charge on any atom is -0.490 e. The van der Waals surface area contributed by atoms with E-state index in [1.165, 1.54) is 24.1 Å². The lowest BCUT2D eigenvalue weighted by molar-refractivity contribution is -0.385. The van der Waals surface area contributed by atoms with Gasteiger partial charge in [-0.1, -0.05) is 0 Å². The monoisotopic (exact) mass is 393 g/mol. The molecular weight excluding hydrogens is 374 g/mol. The number of nitrogens with zero attached hydrogens (tertiary/aromatic N) is 4. The summed E-state index contributed by atoms with van der Waals surface area (Å²) in [5.74, 6) is 0.909. The zero-order valence-corrected chi connectivity index (χ0v) is 15.7. The first kappa shape index (κ1) is 19.0. The largest absolute Gasteiger partial charge is 0.490 e. The highest BCUT2D eigenvalue weighted by atomic mass is 32.1. The average Bonchev–Trinajstić information content (AvgIpc) is 3.29. The van der Waals surface area contributed by atoms with Crippen LogP contribution in [0.3, 0.4) is 0 Å². The fourth-order valence-corrected chi connectivity index (χ4v) is 3.00. The molecule has 2 heterocycles. The molecule has 11 heteroatoms. The maximum Gasteiger partial charge on any atom is 0.315 e. The first-order valence-electron chi connectivity index (χ1n) is 8.37. The zero-order valence-electron chi connectivity index (χ0n) is 14.9. The van der Waals surface area contributed by atoms with Crippen molar-refractivity contribution in [1.29, 1.82) is 0 Å². The van der Waals surface area contributed by atoms with Crippen LogP contribution in [0.2, 0.25) is 0 Å². The predicted molar refractivity (Wildman–Crippen MR) is 99.1 cm³/mol. The van der Waals surface area contributed by atoms with Gasteiger partial charge in [0.15, 0.2) is 11.6 Å². The normalized spacial score (nSPS) is 16.7. The predicted octanol–water partition coefficient (Wildman–Crippen LogP) is 2.99. The zero-order chi connectivity index (χ0) is 19.4. The van der Waals surface area contributed by atoms with Crippen LogP contribution in [-0.4, -0.2) is 46.3 Å². The Labute approximate surface area is 159 Å². The first-order valence-corrected chi connectivity index (χ1v) is 8.78. The minimum absolute atomic E-state index is 0.0685. The van der Waals surface area contributed by atoms with Crippen LogP contribution in [0.25, 0.3) is 0 Å². The van der Waals surface area contributed by atoms with E-state index in [0.29, 0.717) is 29.4 Å². The second-order valence-electron chi connectivity index (χ2n) is 5.71. The number of ether oxygens (including phenoxy) is 3. The molecule has 2 aromatic rings. The molecule has 27 heavy (non-hydrogen) atoms. The van der Waals surface area contributed by atoms with Gasteiger partial charge in [-0.05, 0) is 38.0 Å². The summed E-state index contributed by atoms with van der Waals surface area (Å²) in [7, 11) is 1.36. The number of methoxy groups -OCH3 is 1. The summed E-state index contributed by atoms with van der Waals surface area (Å²) < 4.78 is 18.0. The van der Waals surface area contributed by atoms with E-state index in [1.54, 1.807) is 13.0 Å². The van der Waals surface area contributed by atoms with E-state index in [9.17, 15) is 10.1 Å². The van der Waals surface area contributed by atoms with Crippen LogP contribution >= 0.6 is 12.2 Å². The van der Waals surface area contributed by atoms with Gasteiger partial charge in [-0.15, -0.1) is 0 Å². The van der Waals surface area contributed by atoms with Gasteiger partial charge in [0.2, 0.25) is 10.5 Å². The fraction of sp³-hybridized carbons (Fsp3) is 0.438. The molecule has 1 aromatic carbocycles. The molecule has 1 saturated heterocycles. The topological polar surface area (TPSA) is 117 Å². The Morgan fingerprint density at radius 3 is 3.04 bits per heavy atom. The summed E-state index contributed by atoms with van der Waals surface area (Å²) in [5.41, 5.74) is 0.257. The third kappa shape index (κ3) is 3.98. The Hall–Kier alpha value is -2.79. The highest BCUT2D eigenvalue weighted by Gasteiger charge is 2.24.